The van der Waals surface area contributed by atoms with Crippen molar-refractivity contribution in [1.82, 2.24) is 15.1 Å². The van der Waals surface area contributed by atoms with Crippen molar-refractivity contribution in [3.05, 3.63) is 69.2 Å². The van der Waals surface area contributed by atoms with Crippen molar-refractivity contribution in [2.75, 3.05) is 60.4 Å². The number of rotatable bonds is 9. The first-order valence-corrected chi connectivity index (χ1v) is 15.2. The fourth-order valence-electron chi connectivity index (χ4n) is 6.95. The Hall–Kier alpha value is -2.26. The maximum absolute atomic E-state index is 14.5. The number of hydrogen-bond acceptors (Lipinski definition) is 3. The van der Waals surface area contributed by atoms with Crippen molar-refractivity contribution in [2.24, 2.45) is 0 Å². The molecule has 0 bridgehead atoms. The van der Waals surface area contributed by atoms with Crippen LogP contribution in [-0.4, -0.2) is 92.0 Å². The van der Waals surface area contributed by atoms with Crippen LogP contribution in [0.3, 0.4) is 0 Å². The third-order valence-corrected chi connectivity index (χ3v) is 9.88. The third kappa shape index (κ3) is 6.71. The molecule has 1 atom stereocenters. The zero-order chi connectivity index (χ0) is 29.8. The topological polar surface area (TPSA) is 52.7 Å². The van der Waals surface area contributed by atoms with Crippen molar-refractivity contribution < 1.29 is 22.9 Å². The van der Waals surface area contributed by atoms with Gasteiger partial charge in [0.25, 0.3) is 11.8 Å². The van der Waals surface area contributed by atoms with Gasteiger partial charge in [-0.15, -0.1) is 0 Å². The molecule has 2 saturated heterocycles. The number of nitrogens with one attached hydrogen (secondary N) is 1. The molecule has 4 rings (SSSR count). The van der Waals surface area contributed by atoms with Gasteiger partial charge in [0.05, 0.1) is 35.2 Å². The van der Waals surface area contributed by atoms with Crippen molar-refractivity contribution in [3.63, 3.8) is 0 Å². The zero-order valence-corrected chi connectivity index (χ0v) is 25.7. The van der Waals surface area contributed by atoms with Crippen molar-refractivity contribution in [3.8, 4) is 0 Å². The SMILES string of the molecule is CN(C)C(=O)C1([N+]2(CCC(CN(C)C(=O)c3ccc(F)cc3F)c3ccc(Cl)c(Cl)c3)CCCCC2)CCNCC1. The van der Waals surface area contributed by atoms with E-state index in [4.69, 9.17) is 23.2 Å². The lowest BCUT2D eigenvalue weighted by Gasteiger charge is -2.56. The van der Waals surface area contributed by atoms with Crippen LogP contribution in [0.5, 0.6) is 0 Å². The van der Waals surface area contributed by atoms with Gasteiger partial charge in [-0.05, 0) is 49.1 Å². The van der Waals surface area contributed by atoms with Crippen LogP contribution < -0.4 is 5.32 Å². The molecule has 2 aromatic rings. The van der Waals surface area contributed by atoms with Crippen LogP contribution in [0.2, 0.25) is 10.0 Å². The first-order valence-electron chi connectivity index (χ1n) is 14.4. The summed E-state index contributed by atoms with van der Waals surface area (Å²) in [6.07, 6.45) is 5.54. The minimum atomic E-state index is -0.888. The highest BCUT2D eigenvalue weighted by molar-refractivity contribution is 6.42. The van der Waals surface area contributed by atoms with Gasteiger partial charge >= 0.3 is 0 Å². The molecule has 0 saturated carbocycles. The van der Waals surface area contributed by atoms with Gasteiger partial charge in [0.2, 0.25) is 0 Å². The van der Waals surface area contributed by atoms with Crippen LogP contribution in [0.1, 0.15) is 60.4 Å². The van der Waals surface area contributed by atoms with Gasteiger partial charge in [-0.1, -0.05) is 29.3 Å². The number of quaternary nitrogens is 1. The quantitative estimate of drug-likeness (QED) is 0.370. The Bertz CT molecular complexity index is 1250. The number of nitrogens with zero attached hydrogens (tertiary/aromatic N) is 3. The summed E-state index contributed by atoms with van der Waals surface area (Å²) in [5.74, 6) is -2.10. The number of likely N-dealkylation sites (tertiary alicyclic amines) is 1. The second kappa shape index (κ2) is 13.4. The summed E-state index contributed by atoms with van der Waals surface area (Å²) in [5, 5.41) is 4.31. The molecule has 0 spiro atoms. The fourth-order valence-corrected chi connectivity index (χ4v) is 7.25. The average Bonchev–Trinajstić information content (AvgIpc) is 2.96. The Labute approximate surface area is 252 Å². The van der Waals surface area contributed by atoms with E-state index in [2.05, 4.69) is 5.32 Å². The van der Waals surface area contributed by atoms with Gasteiger partial charge < -0.3 is 19.6 Å². The predicted molar refractivity (Wildman–Crippen MR) is 159 cm³/mol. The molecule has 0 aromatic heterocycles. The van der Waals surface area contributed by atoms with Crippen molar-refractivity contribution in [2.45, 2.75) is 50.0 Å². The van der Waals surface area contributed by atoms with E-state index in [0.717, 1.165) is 87.0 Å². The summed E-state index contributed by atoms with van der Waals surface area (Å²) in [4.78, 5) is 30.4. The van der Waals surface area contributed by atoms with Gasteiger partial charge in [0.1, 0.15) is 11.6 Å². The summed E-state index contributed by atoms with van der Waals surface area (Å²) in [6, 6.07) is 8.49. The number of piperidine rings is 2. The monoisotopic (exact) mass is 609 g/mol. The van der Waals surface area contributed by atoms with E-state index in [1.807, 2.05) is 26.2 Å². The number of likely N-dealkylation sites (N-methyl/N-ethyl adjacent to an activating group) is 2. The second-order valence-corrected chi connectivity index (χ2v) is 12.6. The van der Waals surface area contributed by atoms with Crippen molar-refractivity contribution in [1.29, 1.82) is 0 Å². The number of carbonyl (C=O) groups is 2. The molecule has 2 aromatic carbocycles. The normalized spacial score (nSPS) is 18.9. The Morgan fingerprint density at radius 3 is 2.27 bits per heavy atom. The summed E-state index contributed by atoms with van der Waals surface area (Å²) < 4.78 is 28.7. The number of amides is 2. The number of halogens is 4. The molecular weight excluding hydrogens is 569 g/mol. The number of benzene rings is 2. The molecule has 2 aliphatic heterocycles. The highest BCUT2D eigenvalue weighted by atomic mass is 35.5. The van der Waals surface area contributed by atoms with Crippen LogP contribution in [0.4, 0.5) is 8.78 Å². The van der Waals surface area contributed by atoms with Crippen LogP contribution >= 0.6 is 23.2 Å². The summed E-state index contributed by atoms with van der Waals surface area (Å²) in [7, 11) is 5.32. The Balaban J connectivity index is 1.66. The molecule has 1 unspecified atom stereocenters. The molecular formula is C31H41Cl2F2N4O2+. The zero-order valence-electron chi connectivity index (χ0n) is 24.2. The first-order chi connectivity index (χ1) is 19.5. The first kappa shape index (κ1) is 31.7. The smallest absolute Gasteiger partial charge is 0.283 e. The molecule has 10 heteroatoms. The third-order valence-electron chi connectivity index (χ3n) is 9.14. The maximum Gasteiger partial charge on any atom is 0.283 e. The Morgan fingerprint density at radius 1 is 0.976 bits per heavy atom. The van der Waals surface area contributed by atoms with E-state index in [1.54, 1.807) is 18.0 Å². The lowest BCUT2D eigenvalue weighted by Crippen LogP contribution is -2.74. The van der Waals surface area contributed by atoms with E-state index in [-0.39, 0.29) is 17.4 Å². The minimum absolute atomic E-state index is 0.146. The van der Waals surface area contributed by atoms with E-state index in [9.17, 15) is 18.4 Å². The van der Waals surface area contributed by atoms with E-state index in [1.165, 1.54) is 11.0 Å². The van der Waals surface area contributed by atoms with Gasteiger partial charge in [0.15, 0.2) is 5.54 Å². The van der Waals surface area contributed by atoms with Crippen molar-refractivity contribution >= 4 is 35.0 Å². The van der Waals surface area contributed by atoms with Crippen LogP contribution in [-0.2, 0) is 4.79 Å². The van der Waals surface area contributed by atoms with Gasteiger partial charge in [0, 0.05) is 72.0 Å². The summed E-state index contributed by atoms with van der Waals surface area (Å²) >= 11 is 12.7. The molecule has 41 heavy (non-hydrogen) atoms. The maximum atomic E-state index is 14.5. The number of hydrogen-bond donors (Lipinski definition) is 1. The molecule has 2 amide bonds. The molecule has 2 aliphatic rings. The number of carbonyl (C=O) groups excluding carboxylic acids is 2. The van der Waals surface area contributed by atoms with Crippen LogP contribution in [0, 0.1) is 11.6 Å². The van der Waals surface area contributed by atoms with E-state index in [0.29, 0.717) is 23.0 Å². The molecule has 2 heterocycles. The average molecular weight is 611 g/mol. The molecule has 2 fully saturated rings. The lowest BCUT2D eigenvalue weighted by atomic mass is 9.79. The Morgan fingerprint density at radius 2 is 1.66 bits per heavy atom. The standard InChI is InChI=1S/C31H41Cl2F2N4O2/c1-37(2)30(41)31(12-14-36-15-13-31)39(16-5-4-6-17-39)18-11-23(22-7-10-26(32)27(33)19-22)21-38(3)29(40)25-9-8-24(34)20-28(25)35/h7-10,19-20,23,36H,4-6,11-18,21H2,1-3H3/q+1. The van der Waals surface area contributed by atoms with Gasteiger partial charge in [-0.25, -0.2) is 8.78 Å². The molecule has 6 nitrogen and oxygen atoms in total. The van der Waals surface area contributed by atoms with Gasteiger partial charge in [-0.3, -0.25) is 9.59 Å². The molecule has 0 radical (unpaired) electrons. The second-order valence-electron chi connectivity index (χ2n) is 11.8. The predicted octanol–water partition coefficient (Wildman–Crippen LogP) is 5.73. The summed E-state index contributed by atoms with van der Waals surface area (Å²) in [5.41, 5.74) is 0.245. The molecule has 224 valence electrons. The highest BCUT2D eigenvalue weighted by Gasteiger charge is 2.57. The molecule has 1 N–H and O–H groups in total. The summed E-state index contributed by atoms with van der Waals surface area (Å²) in [6.45, 7) is 4.53. The van der Waals surface area contributed by atoms with E-state index >= 15 is 0 Å². The Kier molecular flexibility index (Phi) is 10.3. The highest BCUT2D eigenvalue weighted by Crippen LogP contribution is 2.40. The fraction of sp³-hybridized carbons (Fsp3) is 0.548. The lowest BCUT2D eigenvalue weighted by molar-refractivity contribution is -0.972. The van der Waals surface area contributed by atoms with E-state index < -0.39 is 23.1 Å². The minimum Gasteiger partial charge on any atom is -0.343 e. The molecule has 0 aliphatic carbocycles. The van der Waals surface area contributed by atoms with Crippen LogP contribution in [0.15, 0.2) is 36.4 Å². The van der Waals surface area contributed by atoms with Crippen LogP contribution in [0.25, 0.3) is 0 Å². The largest absolute Gasteiger partial charge is 0.343 e. The van der Waals surface area contributed by atoms with Gasteiger partial charge in [-0.2, -0.15) is 0 Å².